The largest absolute Gasteiger partial charge is 0.424 e. The highest BCUT2D eigenvalue weighted by Crippen LogP contribution is 2.40. The number of aliphatic imine (C=N–C) groups is 1. The second kappa shape index (κ2) is 10.5. The molecule has 0 radical (unpaired) electrons. The van der Waals surface area contributed by atoms with Crippen LogP contribution in [0.1, 0.15) is 45.9 Å². The van der Waals surface area contributed by atoms with E-state index >= 15 is 0 Å². The number of hydrogen-bond acceptors (Lipinski definition) is 4. The Hall–Kier alpha value is -1.81. The van der Waals surface area contributed by atoms with Crippen LogP contribution in [0.2, 0.25) is 0 Å². The van der Waals surface area contributed by atoms with E-state index in [0.717, 1.165) is 32.5 Å². The van der Waals surface area contributed by atoms with E-state index < -0.39 is 24.0 Å². The molecule has 10 heteroatoms. The minimum Gasteiger partial charge on any atom is -0.374 e. The highest BCUT2D eigenvalue weighted by Gasteiger charge is 2.57. The van der Waals surface area contributed by atoms with Crippen molar-refractivity contribution < 1.29 is 18.3 Å². The molecule has 1 unspecified atom stereocenters. The first kappa shape index (κ1) is 24.5. The summed E-state index contributed by atoms with van der Waals surface area (Å²) >= 11 is 0. The molecule has 0 spiro atoms. The fourth-order valence-corrected chi connectivity index (χ4v) is 3.76. The molecule has 1 aliphatic rings. The third-order valence-corrected chi connectivity index (χ3v) is 5.30. The predicted octanol–water partition coefficient (Wildman–Crippen LogP) is 2.24. The maximum absolute atomic E-state index is 13.6. The number of alkyl halides is 3. The summed E-state index contributed by atoms with van der Waals surface area (Å²) in [4.78, 5) is 10.4. The molecule has 1 aromatic rings. The van der Waals surface area contributed by atoms with Gasteiger partial charge in [-0.3, -0.25) is 4.99 Å². The van der Waals surface area contributed by atoms with Crippen LogP contribution in [0.3, 0.4) is 0 Å². The first-order chi connectivity index (χ1) is 14.1. The number of nitrogens with zero attached hydrogens (tertiary/aromatic N) is 4. The van der Waals surface area contributed by atoms with Gasteiger partial charge in [0.1, 0.15) is 5.82 Å². The zero-order valence-electron chi connectivity index (χ0n) is 18.3. The SMILES string of the molecule is CCNC(=NCCC(O)(c1nccn1C)C(F)(F)F)NC1CCN(CC(C)C)CC1. The molecule has 30 heavy (non-hydrogen) atoms. The summed E-state index contributed by atoms with van der Waals surface area (Å²) in [6.07, 6.45) is -0.922. The van der Waals surface area contributed by atoms with Crippen molar-refractivity contribution in [2.45, 2.75) is 57.9 Å². The second-order valence-electron chi connectivity index (χ2n) is 8.34. The Morgan fingerprint density at radius 1 is 1.33 bits per heavy atom. The normalized spacial score (nSPS) is 19.2. The van der Waals surface area contributed by atoms with Gasteiger partial charge in [0.15, 0.2) is 5.96 Å². The summed E-state index contributed by atoms with van der Waals surface area (Å²) in [7, 11) is 1.43. The summed E-state index contributed by atoms with van der Waals surface area (Å²) in [5, 5.41) is 16.8. The molecule has 1 aromatic heterocycles. The molecule has 0 aliphatic carbocycles. The molecule has 1 fully saturated rings. The number of imidazole rings is 1. The van der Waals surface area contributed by atoms with Gasteiger partial charge in [-0.25, -0.2) is 4.98 Å². The average Bonchev–Trinajstić information content (AvgIpc) is 3.08. The number of aromatic nitrogens is 2. The second-order valence-corrected chi connectivity index (χ2v) is 8.34. The first-order valence-corrected chi connectivity index (χ1v) is 10.6. The number of halogens is 3. The minimum absolute atomic E-state index is 0.190. The standard InChI is InChI=1S/C20H35F3N6O/c1-5-24-18(27-16-6-11-29(12-7-16)14-15(2)3)26-9-8-19(30,20(21,22)23)17-25-10-13-28(17)4/h10,13,15-16,30H,5-9,11-12,14H2,1-4H3,(H2,24,26,27). The smallest absolute Gasteiger partial charge is 0.374 e. The number of aliphatic hydroxyl groups is 1. The quantitative estimate of drug-likeness (QED) is 0.434. The van der Waals surface area contributed by atoms with E-state index in [1.807, 2.05) is 6.92 Å². The molecule has 1 atom stereocenters. The van der Waals surface area contributed by atoms with Gasteiger partial charge in [-0.15, -0.1) is 0 Å². The van der Waals surface area contributed by atoms with E-state index in [0.29, 0.717) is 18.4 Å². The van der Waals surface area contributed by atoms with E-state index in [4.69, 9.17) is 0 Å². The Morgan fingerprint density at radius 2 is 2.00 bits per heavy atom. The zero-order valence-corrected chi connectivity index (χ0v) is 18.3. The molecule has 2 rings (SSSR count). The number of rotatable bonds is 8. The Bertz CT molecular complexity index is 682. The lowest BCUT2D eigenvalue weighted by molar-refractivity contribution is -0.272. The van der Waals surface area contributed by atoms with Crippen LogP contribution in [0.4, 0.5) is 13.2 Å². The van der Waals surface area contributed by atoms with E-state index in [9.17, 15) is 18.3 Å². The summed E-state index contributed by atoms with van der Waals surface area (Å²) in [6, 6.07) is 0.224. The summed E-state index contributed by atoms with van der Waals surface area (Å²) < 4.78 is 42.1. The van der Waals surface area contributed by atoms with Gasteiger partial charge in [-0.1, -0.05) is 13.8 Å². The van der Waals surface area contributed by atoms with Crippen LogP contribution in [-0.4, -0.2) is 70.5 Å². The van der Waals surface area contributed by atoms with Crippen molar-refractivity contribution in [1.29, 1.82) is 0 Å². The van der Waals surface area contributed by atoms with Crippen LogP contribution in [0.25, 0.3) is 0 Å². The van der Waals surface area contributed by atoms with Crippen molar-refractivity contribution in [2.24, 2.45) is 18.0 Å². The van der Waals surface area contributed by atoms with Gasteiger partial charge in [-0.2, -0.15) is 13.2 Å². The lowest BCUT2D eigenvalue weighted by Gasteiger charge is -2.34. The van der Waals surface area contributed by atoms with E-state index in [1.54, 1.807) is 0 Å². The van der Waals surface area contributed by atoms with Crippen LogP contribution >= 0.6 is 0 Å². The van der Waals surface area contributed by atoms with Gasteiger partial charge in [0.05, 0.1) is 0 Å². The Labute approximate surface area is 176 Å². The topological polar surface area (TPSA) is 77.7 Å². The van der Waals surface area contributed by atoms with Gasteiger partial charge in [0, 0.05) is 64.6 Å². The molecule has 0 bridgehead atoms. The van der Waals surface area contributed by atoms with Gasteiger partial charge in [0.25, 0.3) is 0 Å². The number of guanidine groups is 1. The van der Waals surface area contributed by atoms with Crippen LogP contribution in [0.5, 0.6) is 0 Å². The van der Waals surface area contributed by atoms with Gasteiger partial charge in [-0.05, 0) is 25.7 Å². The highest BCUT2D eigenvalue weighted by atomic mass is 19.4. The van der Waals surface area contributed by atoms with Crippen molar-refractivity contribution in [3.8, 4) is 0 Å². The molecule has 7 nitrogen and oxygen atoms in total. The van der Waals surface area contributed by atoms with Crippen LogP contribution < -0.4 is 10.6 Å². The molecule has 0 amide bonds. The lowest BCUT2D eigenvalue weighted by atomic mass is 9.98. The summed E-state index contributed by atoms with van der Waals surface area (Å²) in [5.41, 5.74) is -3.05. The highest BCUT2D eigenvalue weighted by molar-refractivity contribution is 5.80. The third kappa shape index (κ3) is 6.34. The first-order valence-electron chi connectivity index (χ1n) is 10.6. The molecular weight excluding hydrogens is 397 g/mol. The molecule has 2 heterocycles. The molecule has 1 saturated heterocycles. The van der Waals surface area contributed by atoms with Crippen molar-refractivity contribution >= 4 is 5.96 Å². The number of likely N-dealkylation sites (tertiary alicyclic amines) is 1. The Balaban J connectivity index is 1.99. The molecule has 1 aliphatic heterocycles. The van der Waals surface area contributed by atoms with Crippen molar-refractivity contribution in [1.82, 2.24) is 25.1 Å². The Morgan fingerprint density at radius 3 is 2.50 bits per heavy atom. The predicted molar refractivity (Wildman–Crippen MR) is 111 cm³/mol. The van der Waals surface area contributed by atoms with E-state index in [-0.39, 0.29) is 12.6 Å². The third-order valence-electron chi connectivity index (χ3n) is 5.30. The van der Waals surface area contributed by atoms with Crippen LogP contribution in [-0.2, 0) is 12.6 Å². The van der Waals surface area contributed by atoms with Crippen LogP contribution in [0, 0.1) is 5.92 Å². The van der Waals surface area contributed by atoms with Crippen molar-refractivity contribution in [3.05, 3.63) is 18.2 Å². The fraction of sp³-hybridized carbons (Fsp3) is 0.800. The number of aryl methyl sites for hydroxylation is 1. The van der Waals surface area contributed by atoms with Gasteiger partial charge < -0.3 is 25.2 Å². The molecule has 0 aromatic carbocycles. The number of hydrogen-bond donors (Lipinski definition) is 3. The fourth-order valence-electron chi connectivity index (χ4n) is 3.76. The average molecular weight is 433 g/mol. The van der Waals surface area contributed by atoms with E-state index in [1.165, 1.54) is 24.0 Å². The molecule has 172 valence electrons. The number of nitrogens with one attached hydrogen (secondary N) is 2. The Kier molecular flexibility index (Phi) is 8.54. The monoisotopic (exact) mass is 432 g/mol. The van der Waals surface area contributed by atoms with Crippen molar-refractivity contribution in [3.63, 3.8) is 0 Å². The van der Waals surface area contributed by atoms with Crippen LogP contribution in [0.15, 0.2) is 17.4 Å². The summed E-state index contributed by atoms with van der Waals surface area (Å²) in [6.45, 7) is 9.77. The molecular formula is C20H35F3N6O. The van der Waals surface area contributed by atoms with E-state index in [2.05, 4.69) is 39.4 Å². The molecule has 3 N–H and O–H groups in total. The number of piperidine rings is 1. The van der Waals surface area contributed by atoms with Gasteiger partial charge in [0.2, 0.25) is 5.60 Å². The zero-order chi connectivity index (χ0) is 22.4. The maximum atomic E-state index is 13.6. The summed E-state index contributed by atoms with van der Waals surface area (Å²) in [5.74, 6) is 0.671. The molecule has 0 saturated carbocycles. The van der Waals surface area contributed by atoms with Gasteiger partial charge >= 0.3 is 6.18 Å². The van der Waals surface area contributed by atoms with Crippen molar-refractivity contribution in [2.75, 3.05) is 32.7 Å². The minimum atomic E-state index is -4.85. The lowest BCUT2D eigenvalue weighted by Crippen LogP contribution is -2.49. The maximum Gasteiger partial charge on any atom is 0.424 e.